The van der Waals surface area contributed by atoms with Gasteiger partial charge < -0.3 is 0 Å². The van der Waals surface area contributed by atoms with E-state index in [1.165, 1.54) is 25.7 Å². The second kappa shape index (κ2) is 6.00. The van der Waals surface area contributed by atoms with E-state index < -0.39 is 5.41 Å². The van der Waals surface area contributed by atoms with E-state index >= 15 is 0 Å². The highest BCUT2D eigenvalue weighted by Crippen LogP contribution is 2.26. The standard InChI is InChI=1S/C13H20N2S/c1-4-5-6-7-8-11-9-16-12(15-11)13(2,3)10-14/h9H,4-8H2,1-3H3. The molecule has 1 rings (SSSR count). The Morgan fingerprint density at radius 2 is 2.12 bits per heavy atom. The molecule has 0 fully saturated rings. The van der Waals surface area contributed by atoms with Crippen LogP contribution in [0.4, 0.5) is 0 Å². The summed E-state index contributed by atoms with van der Waals surface area (Å²) in [6, 6.07) is 2.30. The van der Waals surface area contributed by atoms with Crippen molar-refractivity contribution < 1.29 is 0 Å². The maximum atomic E-state index is 9.02. The molecule has 1 aromatic heterocycles. The molecule has 0 bridgehead atoms. The van der Waals surface area contributed by atoms with Gasteiger partial charge in [0.15, 0.2) is 0 Å². The van der Waals surface area contributed by atoms with Gasteiger partial charge in [0, 0.05) is 5.38 Å². The number of rotatable bonds is 6. The SMILES string of the molecule is CCCCCCc1csc(C(C)(C)C#N)n1. The van der Waals surface area contributed by atoms with Gasteiger partial charge in [-0.15, -0.1) is 11.3 Å². The van der Waals surface area contributed by atoms with Gasteiger partial charge in [0.2, 0.25) is 0 Å². The summed E-state index contributed by atoms with van der Waals surface area (Å²) in [5, 5.41) is 12.1. The fourth-order valence-corrected chi connectivity index (χ4v) is 2.42. The molecular weight excluding hydrogens is 216 g/mol. The van der Waals surface area contributed by atoms with E-state index in [4.69, 9.17) is 5.26 Å². The van der Waals surface area contributed by atoms with E-state index in [2.05, 4.69) is 23.4 Å². The molecule has 2 nitrogen and oxygen atoms in total. The lowest BCUT2D eigenvalue weighted by Crippen LogP contribution is -2.13. The van der Waals surface area contributed by atoms with Crippen molar-refractivity contribution in [3.63, 3.8) is 0 Å². The zero-order valence-corrected chi connectivity index (χ0v) is 11.2. The number of thiazole rings is 1. The van der Waals surface area contributed by atoms with Crippen LogP contribution >= 0.6 is 11.3 Å². The topological polar surface area (TPSA) is 36.7 Å². The number of hydrogen-bond acceptors (Lipinski definition) is 3. The quantitative estimate of drug-likeness (QED) is 0.698. The molecule has 0 N–H and O–H groups in total. The third kappa shape index (κ3) is 3.61. The predicted octanol–water partition coefficient (Wildman–Crippen LogP) is 4.07. The molecule has 0 aliphatic rings. The largest absolute Gasteiger partial charge is 0.245 e. The lowest BCUT2D eigenvalue weighted by atomic mass is 9.97. The molecule has 0 atom stereocenters. The summed E-state index contributed by atoms with van der Waals surface area (Å²) in [5.74, 6) is 0. The Morgan fingerprint density at radius 3 is 2.75 bits per heavy atom. The average Bonchev–Trinajstić information content (AvgIpc) is 2.74. The summed E-state index contributed by atoms with van der Waals surface area (Å²) in [6.45, 7) is 6.07. The first kappa shape index (κ1) is 13.2. The number of hydrogen-bond donors (Lipinski definition) is 0. The molecule has 0 aliphatic heterocycles. The minimum absolute atomic E-state index is 0.438. The maximum Gasteiger partial charge on any atom is 0.113 e. The van der Waals surface area contributed by atoms with Gasteiger partial charge >= 0.3 is 0 Å². The third-order valence-corrected chi connectivity index (χ3v) is 3.87. The van der Waals surface area contributed by atoms with E-state index in [0.29, 0.717) is 0 Å². The van der Waals surface area contributed by atoms with Crippen LogP contribution in [0.15, 0.2) is 5.38 Å². The minimum Gasteiger partial charge on any atom is -0.245 e. The number of unbranched alkanes of at least 4 members (excludes halogenated alkanes) is 3. The predicted molar refractivity (Wildman–Crippen MR) is 68.6 cm³/mol. The summed E-state index contributed by atoms with van der Waals surface area (Å²) in [4.78, 5) is 4.55. The van der Waals surface area contributed by atoms with Gasteiger partial charge in [-0.3, -0.25) is 0 Å². The van der Waals surface area contributed by atoms with Crippen molar-refractivity contribution in [1.29, 1.82) is 5.26 Å². The van der Waals surface area contributed by atoms with E-state index in [1.54, 1.807) is 11.3 Å². The lowest BCUT2D eigenvalue weighted by Gasteiger charge is -2.09. The Labute approximate surface area is 102 Å². The van der Waals surface area contributed by atoms with Gasteiger partial charge in [-0.2, -0.15) is 5.26 Å². The van der Waals surface area contributed by atoms with Gasteiger partial charge in [0.1, 0.15) is 10.4 Å². The summed E-state index contributed by atoms with van der Waals surface area (Å²) < 4.78 is 0. The Bertz CT molecular complexity index is 360. The van der Waals surface area contributed by atoms with Crippen LogP contribution in [0.5, 0.6) is 0 Å². The van der Waals surface area contributed by atoms with Crippen molar-refractivity contribution in [3.05, 3.63) is 16.1 Å². The van der Waals surface area contributed by atoms with Gasteiger partial charge in [0.05, 0.1) is 11.8 Å². The molecule has 0 amide bonds. The second-order valence-electron chi connectivity index (χ2n) is 4.69. The highest BCUT2D eigenvalue weighted by atomic mass is 32.1. The summed E-state index contributed by atoms with van der Waals surface area (Å²) in [7, 11) is 0. The molecule has 0 spiro atoms. The van der Waals surface area contributed by atoms with E-state index in [0.717, 1.165) is 17.1 Å². The van der Waals surface area contributed by atoms with Gasteiger partial charge in [-0.1, -0.05) is 26.2 Å². The number of aromatic nitrogens is 1. The van der Waals surface area contributed by atoms with Crippen molar-refractivity contribution in [3.8, 4) is 6.07 Å². The van der Waals surface area contributed by atoms with Crippen molar-refractivity contribution in [1.82, 2.24) is 4.98 Å². The van der Waals surface area contributed by atoms with Crippen LogP contribution in [0.25, 0.3) is 0 Å². The Balaban J connectivity index is 2.50. The maximum absolute atomic E-state index is 9.02. The molecule has 0 aromatic carbocycles. The van der Waals surface area contributed by atoms with Crippen LogP contribution in [-0.4, -0.2) is 4.98 Å². The van der Waals surface area contributed by atoms with E-state index in [-0.39, 0.29) is 0 Å². The van der Waals surface area contributed by atoms with Crippen LogP contribution in [-0.2, 0) is 11.8 Å². The Kier molecular flexibility index (Phi) is 4.95. The Morgan fingerprint density at radius 1 is 1.38 bits per heavy atom. The van der Waals surface area contributed by atoms with Crippen molar-refractivity contribution in [2.24, 2.45) is 0 Å². The van der Waals surface area contributed by atoms with Crippen molar-refractivity contribution in [2.75, 3.05) is 0 Å². The molecule has 3 heteroatoms. The van der Waals surface area contributed by atoms with Crippen molar-refractivity contribution in [2.45, 2.75) is 58.3 Å². The number of nitrogens with zero attached hydrogens (tertiary/aromatic N) is 2. The molecule has 0 saturated heterocycles. The molecular formula is C13H20N2S. The molecule has 1 heterocycles. The zero-order valence-electron chi connectivity index (χ0n) is 10.4. The van der Waals surface area contributed by atoms with E-state index in [9.17, 15) is 0 Å². The summed E-state index contributed by atoms with van der Waals surface area (Å²) in [5.41, 5.74) is 0.714. The highest BCUT2D eigenvalue weighted by molar-refractivity contribution is 7.09. The van der Waals surface area contributed by atoms with Gasteiger partial charge in [-0.25, -0.2) is 4.98 Å². The van der Waals surface area contributed by atoms with Gasteiger partial charge in [0.25, 0.3) is 0 Å². The minimum atomic E-state index is -0.438. The van der Waals surface area contributed by atoms with Gasteiger partial charge in [-0.05, 0) is 26.7 Å². The molecule has 88 valence electrons. The molecule has 1 aromatic rings. The Hall–Kier alpha value is -0.880. The smallest absolute Gasteiger partial charge is 0.113 e. The number of aryl methyl sites for hydroxylation is 1. The summed E-state index contributed by atoms with van der Waals surface area (Å²) >= 11 is 1.61. The lowest BCUT2D eigenvalue weighted by molar-refractivity contribution is 0.649. The van der Waals surface area contributed by atoms with Crippen LogP contribution in [0.2, 0.25) is 0 Å². The van der Waals surface area contributed by atoms with E-state index in [1.807, 2.05) is 13.8 Å². The third-order valence-electron chi connectivity index (χ3n) is 2.65. The molecule has 0 saturated carbocycles. The first-order valence-electron chi connectivity index (χ1n) is 5.96. The first-order valence-corrected chi connectivity index (χ1v) is 6.84. The fourth-order valence-electron chi connectivity index (χ4n) is 1.49. The van der Waals surface area contributed by atoms with Crippen LogP contribution < -0.4 is 0 Å². The normalized spacial score (nSPS) is 11.4. The van der Waals surface area contributed by atoms with Crippen LogP contribution in [0, 0.1) is 11.3 Å². The highest BCUT2D eigenvalue weighted by Gasteiger charge is 2.23. The number of nitriles is 1. The first-order chi connectivity index (χ1) is 7.60. The monoisotopic (exact) mass is 236 g/mol. The molecule has 0 radical (unpaired) electrons. The molecule has 0 unspecified atom stereocenters. The second-order valence-corrected chi connectivity index (χ2v) is 5.55. The van der Waals surface area contributed by atoms with Crippen LogP contribution in [0.3, 0.4) is 0 Å². The van der Waals surface area contributed by atoms with Crippen molar-refractivity contribution >= 4 is 11.3 Å². The zero-order chi connectivity index (χ0) is 12.0. The average molecular weight is 236 g/mol. The molecule has 0 aliphatic carbocycles. The summed E-state index contributed by atoms with van der Waals surface area (Å²) in [6.07, 6.45) is 6.12. The fraction of sp³-hybridized carbons (Fsp3) is 0.692. The van der Waals surface area contributed by atoms with Crippen LogP contribution in [0.1, 0.15) is 57.2 Å². The molecule has 16 heavy (non-hydrogen) atoms.